The van der Waals surface area contributed by atoms with Gasteiger partial charge in [0, 0.05) is 18.1 Å². The van der Waals surface area contributed by atoms with E-state index in [4.69, 9.17) is 11.6 Å². The Labute approximate surface area is 120 Å². The van der Waals surface area contributed by atoms with Gasteiger partial charge in [-0.3, -0.25) is 9.59 Å². The molecule has 1 amide bonds. The Morgan fingerprint density at radius 1 is 1.40 bits per heavy atom. The van der Waals surface area contributed by atoms with E-state index in [1.54, 1.807) is 24.4 Å². The fourth-order valence-electron chi connectivity index (χ4n) is 2.42. The summed E-state index contributed by atoms with van der Waals surface area (Å²) in [5.41, 5.74) is 0.351. The summed E-state index contributed by atoms with van der Waals surface area (Å²) < 4.78 is 0. The van der Waals surface area contributed by atoms with Gasteiger partial charge in [-0.15, -0.1) is 0 Å². The van der Waals surface area contributed by atoms with Gasteiger partial charge < -0.3 is 15.6 Å². The van der Waals surface area contributed by atoms with Crippen LogP contribution in [-0.4, -0.2) is 24.0 Å². The van der Waals surface area contributed by atoms with E-state index in [9.17, 15) is 9.59 Å². The zero-order chi connectivity index (χ0) is 14.1. The van der Waals surface area contributed by atoms with Crippen LogP contribution in [0.2, 0.25) is 5.02 Å². The molecule has 5 nitrogen and oxygen atoms in total. The highest BCUT2D eigenvalue weighted by molar-refractivity contribution is 6.34. The van der Waals surface area contributed by atoms with Crippen molar-refractivity contribution < 1.29 is 4.79 Å². The van der Waals surface area contributed by atoms with Gasteiger partial charge in [-0.05, 0) is 36.6 Å². The third kappa shape index (κ3) is 2.42. The van der Waals surface area contributed by atoms with E-state index in [-0.39, 0.29) is 17.4 Å². The number of hydrogen-bond donors (Lipinski definition) is 3. The Morgan fingerprint density at radius 2 is 2.25 bits per heavy atom. The maximum absolute atomic E-state index is 12.1. The molecule has 3 rings (SSSR count). The number of pyridine rings is 1. The SMILES string of the molecule is O=C(Nc1cc2cc[nH]c(=O)c2cc1Cl)[C@@H]1CCNC1. The first-order valence-corrected chi connectivity index (χ1v) is 6.85. The van der Waals surface area contributed by atoms with Crippen LogP contribution >= 0.6 is 11.6 Å². The van der Waals surface area contributed by atoms with Crippen LogP contribution in [0.5, 0.6) is 0 Å². The zero-order valence-corrected chi connectivity index (χ0v) is 11.5. The van der Waals surface area contributed by atoms with E-state index in [1.807, 2.05) is 0 Å². The summed E-state index contributed by atoms with van der Waals surface area (Å²) in [6.07, 6.45) is 2.40. The molecule has 2 heterocycles. The van der Waals surface area contributed by atoms with Gasteiger partial charge >= 0.3 is 0 Å². The third-order valence-corrected chi connectivity index (χ3v) is 3.86. The molecule has 1 aromatic carbocycles. The van der Waals surface area contributed by atoms with Gasteiger partial charge in [0.05, 0.1) is 16.6 Å². The predicted octanol–water partition coefficient (Wildman–Crippen LogP) is 1.73. The zero-order valence-electron chi connectivity index (χ0n) is 10.7. The van der Waals surface area contributed by atoms with Gasteiger partial charge in [0.2, 0.25) is 5.91 Å². The van der Waals surface area contributed by atoms with Crippen LogP contribution in [-0.2, 0) is 4.79 Å². The van der Waals surface area contributed by atoms with Crippen molar-refractivity contribution in [3.8, 4) is 0 Å². The molecule has 1 saturated heterocycles. The molecule has 1 fully saturated rings. The number of rotatable bonds is 2. The molecule has 1 aliphatic heterocycles. The van der Waals surface area contributed by atoms with E-state index in [0.717, 1.165) is 18.4 Å². The van der Waals surface area contributed by atoms with Crippen molar-refractivity contribution in [3.05, 3.63) is 39.8 Å². The first-order chi connectivity index (χ1) is 9.65. The number of carbonyl (C=O) groups excluding carboxylic acids is 1. The van der Waals surface area contributed by atoms with Gasteiger partial charge in [0.25, 0.3) is 5.56 Å². The number of aromatic nitrogens is 1. The van der Waals surface area contributed by atoms with Crippen molar-refractivity contribution in [2.24, 2.45) is 5.92 Å². The van der Waals surface area contributed by atoms with Crippen LogP contribution in [0.15, 0.2) is 29.2 Å². The minimum Gasteiger partial charge on any atom is -0.329 e. The standard InChI is InChI=1S/C14H14ClN3O2/c15-11-6-10-8(2-4-17-14(10)20)5-12(11)18-13(19)9-1-3-16-7-9/h2,4-6,9,16H,1,3,7H2,(H,17,20)(H,18,19)/t9-/m1/s1. The van der Waals surface area contributed by atoms with E-state index >= 15 is 0 Å². The number of halogens is 1. The highest BCUT2D eigenvalue weighted by Gasteiger charge is 2.23. The maximum atomic E-state index is 12.1. The van der Waals surface area contributed by atoms with Crippen LogP contribution < -0.4 is 16.2 Å². The van der Waals surface area contributed by atoms with Crippen LogP contribution in [0, 0.1) is 5.92 Å². The van der Waals surface area contributed by atoms with Crippen LogP contribution in [0.25, 0.3) is 10.8 Å². The van der Waals surface area contributed by atoms with Crippen molar-refractivity contribution in [1.29, 1.82) is 0 Å². The number of fused-ring (bicyclic) bond motifs is 1. The van der Waals surface area contributed by atoms with Crippen molar-refractivity contribution in [2.45, 2.75) is 6.42 Å². The van der Waals surface area contributed by atoms with Gasteiger partial charge in [-0.25, -0.2) is 0 Å². The lowest BCUT2D eigenvalue weighted by Gasteiger charge is -2.12. The topological polar surface area (TPSA) is 74.0 Å². The van der Waals surface area contributed by atoms with Crippen molar-refractivity contribution in [3.63, 3.8) is 0 Å². The fourth-order valence-corrected chi connectivity index (χ4v) is 2.63. The normalized spacial score (nSPS) is 18.4. The summed E-state index contributed by atoms with van der Waals surface area (Å²) >= 11 is 6.14. The van der Waals surface area contributed by atoms with Crippen molar-refractivity contribution in [1.82, 2.24) is 10.3 Å². The highest BCUT2D eigenvalue weighted by atomic mass is 35.5. The van der Waals surface area contributed by atoms with E-state index in [0.29, 0.717) is 22.6 Å². The molecule has 0 radical (unpaired) electrons. The van der Waals surface area contributed by atoms with Gasteiger partial charge in [0.15, 0.2) is 0 Å². The lowest BCUT2D eigenvalue weighted by atomic mass is 10.1. The second-order valence-electron chi connectivity index (χ2n) is 4.91. The number of H-pyrrole nitrogens is 1. The van der Waals surface area contributed by atoms with Crippen LogP contribution in [0.1, 0.15) is 6.42 Å². The molecule has 0 unspecified atom stereocenters. The summed E-state index contributed by atoms with van der Waals surface area (Å²) in [5.74, 6) is -0.0676. The van der Waals surface area contributed by atoms with E-state index in [1.165, 1.54) is 0 Å². The van der Waals surface area contributed by atoms with Gasteiger partial charge in [-0.2, -0.15) is 0 Å². The van der Waals surface area contributed by atoms with Gasteiger partial charge in [0.1, 0.15) is 0 Å². The molecule has 2 aromatic rings. The first kappa shape index (κ1) is 13.1. The van der Waals surface area contributed by atoms with Crippen molar-refractivity contribution in [2.75, 3.05) is 18.4 Å². The molecule has 0 spiro atoms. The Hall–Kier alpha value is -1.85. The largest absolute Gasteiger partial charge is 0.329 e. The average molecular weight is 292 g/mol. The Morgan fingerprint density at radius 3 is 3.00 bits per heavy atom. The molecule has 0 aliphatic carbocycles. The van der Waals surface area contributed by atoms with Crippen molar-refractivity contribution >= 4 is 34.0 Å². The molecule has 6 heteroatoms. The molecule has 1 aliphatic rings. The summed E-state index contributed by atoms with van der Waals surface area (Å²) in [4.78, 5) is 26.4. The number of aromatic amines is 1. The molecule has 1 aromatic heterocycles. The summed E-state index contributed by atoms with van der Waals surface area (Å²) in [7, 11) is 0. The Kier molecular flexibility index (Phi) is 3.46. The lowest BCUT2D eigenvalue weighted by Crippen LogP contribution is -2.24. The number of anilines is 1. The summed E-state index contributed by atoms with van der Waals surface area (Å²) in [6, 6.07) is 5.09. The monoisotopic (exact) mass is 291 g/mol. The minimum atomic E-state index is -0.192. The molecule has 0 bridgehead atoms. The van der Waals surface area contributed by atoms with E-state index in [2.05, 4.69) is 15.6 Å². The lowest BCUT2D eigenvalue weighted by molar-refractivity contribution is -0.119. The third-order valence-electron chi connectivity index (χ3n) is 3.55. The molecule has 20 heavy (non-hydrogen) atoms. The highest BCUT2D eigenvalue weighted by Crippen LogP contribution is 2.27. The predicted molar refractivity (Wildman–Crippen MR) is 79.2 cm³/mol. The average Bonchev–Trinajstić information content (AvgIpc) is 2.95. The van der Waals surface area contributed by atoms with Crippen LogP contribution in [0.4, 0.5) is 5.69 Å². The fraction of sp³-hybridized carbons (Fsp3) is 0.286. The number of amides is 1. The Bertz CT molecular complexity index is 720. The number of carbonyl (C=O) groups is 1. The summed E-state index contributed by atoms with van der Waals surface area (Å²) in [5, 5.41) is 7.62. The van der Waals surface area contributed by atoms with Crippen LogP contribution in [0.3, 0.4) is 0 Å². The molecular weight excluding hydrogens is 278 g/mol. The minimum absolute atomic E-state index is 0.0269. The molecule has 104 valence electrons. The Balaban J connectivity index is 1.93. The molecule has 3 N–H and O–H groups in total. The second kappa shape index (κ2) is 5.26. The quantitative estimate of drug-likeness (QED) is 0.789. The number of hydrogen-bond acceptors (Lipinski definition) is 3. The molecular formula is C14H14ClN3O2. The first-order valence-electron chi connectivity index (χ1n) is 6.47. The second-order valence-corrected chi connectivity index (χ2v) is 5.31. The maximum Gasteiger partial charge on any atom is 0.255 e. The molecule has 0 saturated carbocycles. The summed E-state index contributed by atoms with van der Waals surface area (Å²) in [6.45, 7) is 1.55. The molecule has 1 atom stereocenters. The number of benzene rings is 1. The number of nitrogens with one attached hydrogen (secondary N) is 3. The smallest absolute Gasteiger partial charge is 0.255 e. The van der Waals surface area contributed by atoms with Gasteiger partial charge in [-0.1, -0.05) is 11.6 Å². The van der Waals surface area contributed by atoms with E-state index < -0.39 is 0 Å².